The maximum absolute atomic E-state index is 5.45. The van der Waals surface area contributed by atoms with Gasteiger partial charge in [0.2, 0.25) is 0 Å². The van der Waals surface area contributed by atoms with Gasteiger partial charge in [0, 0.05) is 0 Å². The molecule has 1 aromatic heterocycles. The van der Waals surface area contributed by atoms with Gasteiger partial charge in [-0.2, -0.15) is 0 Å². The lowest BCUT2D eigenvalue weighted by molar-refractivity contribution is 1.24. The van der Waals surface area contributed by atoms with Crippen LogP contribution in [-0.2, 0) is 0 Å². The zero-order valence-electron chi connectivity index (χ0n) is 7.29. The van der Waals surface area contributed by atoms with E-state index >= 15 is 0 Å². The lowest BCUT2D eigenvalue weighted by Gasteiger charge is -1.87. The zero-order chi connectivity index (χ0) is 9.80. The van der Waals surface area contributed by atoms with Gasteiger partial charge in [0.15, 0.2) is 10.1 Å². The number of aromatic nitrogens is 1. The second kappa shape index (κ2) is 3.97. The molecule has 0 aliphatic heterocycles. The van der Waals surface area contributed by atoms with Crippen molar-refractivity contribution >= 4 is 27.2 Å². The summed E-state index contributed by atoms with van der Waals surface area (Å²) in [7, 11) is 0. The van der Waals surface area contributed by atoms with Crippen LogP contribution in [0.5, 0.6) is 0 Å². The first kappa shape index (κ1) is 8.83. The van der Waals surface area contributed by atoms with E-state index in [-0.39, 0.29) is 0 Å². The van der Waals surface area contributed by atoms with Gasteiger partial charge < -0.3 is 5.73 Å². The van der Waals surface area contributed by atoms with Gasteiger partial charge >= 0.3 is 0 Å². The number of nitrogens with zero attached hydrogens (tertiary/aromatic N) is 3. The highest BCUT2D eigenvalue weighted by atomic mass is 32.1. The topological polar surface area (TPSA) is 63.6 Å². The lowest BCUT2D eigenvalue weighted by atomic mass is 10.3. The number of hydrogen-bond donors (Lipinski definition) is 1. The minimum Gasteiger partial charge on any atom is -0.375 e. The molecule has 0 aliphatic carbocycles. The van der Waals surface area contributed by atoms with Crippen LogP contribution in [0.4, 0.5) is 15.8 Å². The van der Waals surface area contributed by atoms with E-state index in [4.69, 9.17) is 5.73 Å². The van der Waals surface area contributed by atoms with Gasteiger partial charge in [0.1, 0.15) is 0 Å². The third-order valence-electron chi connectivity index (χ3n) is 1.53. The molecule has 14 heavy (non-hydrogen) atoms. The van der Waals surface area contributed by atoms with Crippen LogP contribution in [0.3, 0.4) is 0 Å². The highest BCUT2D eigenvalue weighted by molar-refractivity contribution is 7.18. The molecule has 0 radical (unpaired) electrons. The molecule has 2 N–H and O–H groups in total. The lowest BCUT2D eigenvalue weighted by Crippen LogP contribution is -1.77. The van der Waals surface area contributed by atoms with Gasteiger partial charge in [-0.15, -0.1) is 10.2 Å². The third-order valence-corrected chi connectivity index (χ3v) is 2.24. The van der Waals surface area contributed by atoms with Crippen molar-refractivity contribution in [1.29, 1.82) is 0 Å². The Morgan fingerprint density at radius 2 is 1.93 bits per heavy atom. The van der Waals surface area contributed by atoms with Crippen LogP contribution in [0, 0.1) is 0 Å². The smallest absolute Gasteiger partial charge is 0.182 e. The van der Waals surface area contributed by atoms with Crippen molar-refractivity contribution in [3.8, 4) is 0 Å². The van der Waals surface area contributed by atoms with E-state index in [0.717, 1.165) is 5.69 Å². The summed E-state index contributed by atoms with van der Waals surface area (Å²) in [5.74, 6) is 0. The minimum absolute atomic E-state index is 0.506. The summed E-state index contributed by atoms with van der Waals surface area (Å²) in [5.41, 5.74) is 6.27. The number of anilines is 1. The van der Waals surface area contributed by atoms with Crippen LogP contribution in [0.1, 0.15) is 0 Å². The monoisotopic (exact) mass is 204 g/mol. The van der Waals surface area contributed by atoms with Crippen molar-refractivity contribution in [3.05, 3.63) is 36.5 Å². The number of hydrogen-bond acceptors (Lipinski definition) is 5. The van der Waals surface area contributed by atoms with Gasteiger partial charge in [0.25, 0.3) is 0 Å². The molecule has 0 bridgehead atoms. The van der Waals surface area contributed by atoms with E-state index in [1.807, 2.05) is 30.3 Å². The first-order valence-electron chi connectivity index (χ1n) is 4.03. The maximum atomic E-state index is 5.45. The Morgan fingerprint density at radius 3 is 2.57 bits per heavy atom. The third kappa shape index (κ3) is 2.14. The van der Waals surface area contributed by atoms with E-state index < -0.39 is 0 Å². The van der Waals surface area contributed by atoms with Crippen molar-refractivity contribution in [2.45, 2.75) is 0 Å². The molecular weight excluding hydrogens is 196 g/mol. The summed E-state index contributed by atoms with van der Waals surface area (Å²) in [6.45, 7) is 0. The SMILES string of the molecule is Nc1ncc(N=Nc2ccccc2)s1. The van der Waals surface area contributed by atoms with Crippen LogP contribution in [0.15, 0.2) is 46.8 Å². The van der Waals surface area contributed by atoms with Crippen LogP contribution < -0.4 is 5.73 Å². The van der Waals surface area contributed by atoms with Gasteiger partial charge in [-0.3, -0.25) is 0 Å². The summed E-state index contributed by atoms with van der Waals surface area (Å²) in [4.78, 5) is 3.87. The summed E-state index contributed by atoms with van der Waals surface area (Å²) in [5, 5.41) is 9.25. The van der Waals surface area contributed by atoms with Crippen molar-refractivity contribution in [1.82, 2.24) is 4.98 Å². The number of rotatable bonds is 2. The average molecular weight is 204 g/mol. The van der Waals surface area contributed by atoms with Crippen LogP contribution in [-0.4, -0.2) is 4.98 Å². The highest BCUT2D eigenvalue weighted by Crippen LogP contribution is 2.25. The molecule has 0 aliphatic rings. The molecule has 1 heterocycles. The molecule has 0 fully saturated rings. The van der Waals surface area contributed by atoms with Gasteiger partial charge in [-0.05, 0) is 12.1 Å². The van der Waals surface area contributed by atoms with E-state index in [9.17, 15) is 0 Å². The van der Waals surface area contributed by atoms with Crippen molar-refractivity contribution < 1.29 is 0 Å². The molecule has 0 saturated carbocycles. The standard InChI is InChI=1S/C9H8N4S/c10-9-11-6-8(14-9)13-12-7-4-2-1-3-5-7/h1-6H,(H2,10,11). The number of azo groups is 1. The quantitative estimate of drug-likeness (QED) is 0.764. The molecule has 4 nitrogen and oxygen atoms in total. The predicted molar refractivity (Wildman–Crippen MR) is 57.1 cm³/mol. The Morgan fingerprint density at radius 1 is 1.14 bits per heavy atom. The Labute approximate surface area is 85.1 Å². The summed E-state index contributed by atoms with van der Waals surface area (Å²) < 4.78 is 0. The molecule has 2 aromatic rings. The molecule has 5 heteroatoms. The predicted octanol–water partition coefficient (Wildman–Crippen LogP) is 3.14. The second-order valence-electron chi connectivity index (χ2n) is 2.57. The summed E-state index contributed by atoms with van der Waals surface area (Å²) in [6.07, 6.45) is 1.60. The molecule has 2 rings (SSSR count). The number of thiazole rings is 1. The molecule has 0 atom stereocenters. The van der Waals surface area contributed by atoms with Crippen molar-refractivity contribution in [3.63, 3.8) is 0 Å². The van der Waals surface area contributed by atoms with Gasteiger partial charge in [-0.1, -0.05) is 29.5 Å². The van der Waals surface area contributed by atoms with E-state index in [1.54, 1.807) is 6.20 Å². The fraction of sp³-hybridized carbons (Fsp3) is 0. The minimum atomic E-state index is 0.506. The molecule has 0 unspecified atom stereocenters. The average Bonchev–Trinajstić information content (AvgIpc) is 2.63. The molecule has 0 saturated heterocycles. The number of nitrogen functional groups attached to an aromatic ring is 1. The summed E-state index contributed by atoms with van der Waals surface area (Å²) >= 11 is 1.31. The molecule has 0 spiro atoms. The highest BCUT2D eigenvalue weighted by Gasteiger charge is 1.94. The van der Waals surface area contributed by atoms with Gasteiger partial charge in [0.05, 0.1) is 11.9 Å². The number of nitrogens with two attached hydrogens (primary N) is 1. The summed E-state index contributed by atoms with van der Waals surface area (Å²) in [6, 6.07) is 9.52. The Hall–Kier alpha value is -1.75. The van der Waals surface area contributed by atoms with E-state index in [0.29, 0.717) is 10.1 Å². The van der Waals surface area contributed by atoms with Crippen LogP contribution in [0.25, 0.3) is 0 Å². The molecule has 70 valence electrons. The zero-order valence-corrected chi connectivity index (χ0v) is 8.11. The fourth-order valence-corrected chi connectivity index (χ4v) is 1.43. The largest absolute Gasteiger partial charge is 0.375 e. The molecule has 0 amide bonds. The van der Waals surface area contributed by atoms with Crippen molar-refractivity contribution in [2.24, 2.45) is 10.2 Å². The first-order valence-corrected chi connectivity index (χ1v) is 4.84. The molecule has 1 aromatic carbocycles. The Kier molecular flexibility index (Phi) is 2.51. The van der Waals surface area contributed by atoms with E-state index in [2.05, 4.69) is 15.2 Å². The van der Waals surface area contributed by atoms with Crippen molar-refractivity contribution in [2.75, 3.05) is 5.73 Å². The number of benzene rings is 1. The Balaban J connectivity index is 2.15. The van der Waals surface area contributed by atoms with Crippen LogP contribution in [0.2, 0.25) is 0 Å². The molecular formula is C9H8N4S. The van der Waals surface area contributed by atoms with Crippen LogP contribution >= 0.6 is 11.3 Å². The normalized spacial score (nSPS) is 10.9. The Bertz CT molecular complexity index is 435. The van der Waals surface area contributed by atoms with Gasteiger partial charge in [-0.25, -0.2) is 4.98 Å². The van der Waals surface area contributed by atoms with E-state index in [1.165, 1.54) is 11.3 Å². The fourth-order valence-electron chi connectivity index (χ4n) is 0.927. The maximum Gasteiger partial charge on any atom is 0.182 e. The first-order chi connectivity index (χ1) is 6.84. The second-order valence-corrected chi connectivity index (χ2v) is 3.61.